The predicted molar refractivity (Wildman–Crippen MR) is 80.5 cm³/mol. The molecule has 0 bridgehead atoms. The molecule has 3 rings (SSSR count). The average molecular weight is 350 g/mol. The maximum atomic E-state index is 13.7. The van der Waals surface area contributed by atoms with Gasteiger partial charge < -0.3 is 9.84 Å². The first-order valence-electron chi connectivity index (χ1n) is 7.08. The van der Waals surface area contributed by atoms with Crippen LogP contribution >= 0.6 is 0 Å². The molecule has 8 heteroatoms. The number of benzene rings is 2. The van der Waals surface area contributed by atoms with Gasteiger partial charge in [0.2, 0.25) is 5.91 Å². The largest absolute Gasteiger partial charge is 0.356 e. The molecule has 0 saturated heterocycles. The maximum Gasteiger partial charge on any atom is 0.230 e. The topological polar surface area (TPSA) is 55.1 Å². The van der Waals surface area contributed by atoms with Gasteiger partial charge in [-0.05, 0) is 24.3 Å². The van der Waals surface area contributed by atoms with Crippen molar-refractivity contribution in [1.82, 2.24) is 5.16 Å². The Morgan fingerprint density at radius 2 is 1.68 bits per heavy atom. The quantitative estimate of drug-likeness (QED) is 0.722. The SMILES string of the molecule is O=C(Cc1cc(-c2ccc(F)cc2F)on1)Nc1cc(F)ccc1F. The van der Waals surface area contributed by atoms with Gasteiger partial charge in [-0.25, -0.2) is 17.6 Å². The first-order chi connectivity index (χ1) is 11.9. The standard InChI is InChI=1S/C17H10F4N2O2/c18-9-1-3-12(14(21)5-9)16-7-11(23-25-16)8-17(24)22-15-6-10(19)2-4-13(15)20/h1-7H,8H2,(H,22,24). The minimum Gasteiger partial charge on any atom is -0.356 e. The van der Waals surface area contributed by atoms with Crippen molar-refractivity contribution in [3.8, 4) is 11.3 Å². The third kappa shape index (κ3) is 3.85. The second-order valence-corrected chi connectivity index (χ2v) is 5.16. The van der Waals surface area contributed by atoms with Gasteiger partial charge in [-0.15, -0.1) is 0 Å². The van der Waals surface area contributed by atoms with E-state index in [2.05, 4.69) is 10.5 Å². The van der Waals surface area contributed by atoms with Crippen molar-refractivity contribution in [2.75, 3.05) is 5.32 Å². The molecule has 128 valence electrons. The van der Waals surface area contributed by atoms with Crippen molar-refractivity contribution in [3.05, 3.63) is 71.4 Å². The highest BCUT2D eigenvalue weighted by Gasteiger charge is 2.15. The molecule has 0 aliphatic carbocycles. The fourth-order valence-corrected chi connectivity index (χ4v) is 2.16. The van der Waals surface area contributed by atoms with Gasteiger partial charge in [0.05, 0.1) is 23.4 Å². The second-order valence-electron chi connectivity index (χ2n) is 5.16. The lowest BCUT2D eigenvalue weighted by molar-refractivity contribution is -0.115. The Labute approximate surface area is 139 Å². The minimum absolute atomic E-state index is 0.0113. The van der Waals surface area contributed by atoms with Crippen molar-refractivity contribution in [2.24, 2.45) is 0 Å². The van der Waals surface area contributed by atoms with Gasteiger partial charge in [0, 0.05) is 18.2 Å². The number of nitrogens with one attached hydrogen (secondary N) is 1. The number of hydrogen-bond donors (Lipinski definition) is 1. The van der Waals surface area contributed by atoms with Crippen molar-refractivity contribution in [2.45, 2.75) is 6.42 Å². The smallest absolute Gasteiger partial charge is 0.230 e. The normalized spacial score (nSPS) is 10.7. The molecule has 0 spiro atoms. The van der Waals surface area contributed by atoms with Crippen molar-refractivity contribution in [1.29, 1.82) is 0 Å². The van der Waals surface area contributed by atoms with E-state index in [0.29, 0.717) is 6.07 Å². The number of halogens is 4. The van der Waals surface area contributed by atoms with Crippen LogP contribution in [0, 0.1) is 23.3 Å². The van der Waals surface area contributed by atoms with Crippen molar-refractivity contribution >= 4 is 11.6 Å². The number of hydrogen-bond acceptors (Lipinski definition) is 3. The molecule has 1 N–H and O–H groups in total. The van der Waals surface area contributed by atoms with Crippen LogP contribution in [-0.4, -0.2) is 11.1 Å². The van der Waals surface area contributed by atoms with Gasteiger partial charge in [-0.3, -0.25) is 4.79 Å². The summed E-state index contributed by atoms with van der Waals surface area (Å²) in [4.78, 5) is 11.9. The van der Waals surface area contributed by atoms with E-state index in [1.165, 1.54) is 12.1 Å². The number of rotatable bonds is 4. The van der Waals surface area contributed by atoms with Gasteiger partial charge in [0.15, 0.2) is 5.76 Å². The lowest BCUT2D eigenvalue weighted by Gasteiger charge is -2.05. The summed E-state index contributed by atoms with van der Waals surface area (Å²) in [6, 6.07) is 6.88. The van der Waals surface area contributed by atoms with Gasteiger partial charge >= 0.3 is 0 Å². The molecule has 0 atom stereocenters. The lowest BCUT2D eigenvalue weighted by atomic mass is 10.1. The van der Waals surface area contributed by atoms with Crippen LogP contribution in [-0.2, 0) is 11.2 Å². The molecular weight excluding hydrogens is 340 g/mol. The van der Waals surface area contributed by atoms with E-state index in [0.717, 1.165) is 24.3 Å². The number of carbonyl (C=O) groups excluding carboxylic acids is 1. The molecular formula is C17H10F4N2O2. The lowest BCUT2D eigenvalue weighted by Crippen LogP contribution is -2.15. The Hall–Kier alpha value is -3.16. The van der Waals surface area contributed by atoms with E-state index in [1.54, 1.807) is 0 Å². The molecule has 1 amide bonds. The van der Waals surface area contributed by atoms with Crippen molar-refractivity contribution < 1.29 is 26.9 Å². The molecule has 0 unspecified atom stereocenters. The van der Waals surface area contributed by atoms with E-state index in [-0.39, 0.29) is 29.1 Å². The Balaban J connectivity index is 1.72. The molecule has 0 fully saturated rings. The van der Waals surface area contributed by atoms with Crippen LogP contribution in [0.3, 0.4) is 0 Å². The summed E-state index contributed by atoms with van der Waals surface area (Å²) >= 11 is 0. The summed E-state index contributed by atoms with van der Waals surface area (Å²) in [5.41, 5.74) is -0.178. The molecule has 1 heterocycles. The fourth-order valence-electron chi connectivity index (χ4n) is 2.16. The number of carbonyl (C=O) groups is 1. The van der Waals surface area contributed by atoms with Gasteiger partial charge in [-0.1, -0.05) is 5.16 Å². The zero-order chi connectivity index (χ0) is 18.0. The number of anilines is 1. The summed E-state index contributed by atoms with van der Waals surface area (Å²) in [6.45, 7) is 0. The summed E-state index contributed by atoms with van der Waals surface area (Å²) in [6.07, 6.45) is -0.303. The minimum atomic E-state index is -0.839. The Morgan fingerprint density at radius 3 is 2.44 bits per heavy atom. The number of nitrogens with zero attached hydrogens (tertiary/aromatic N) is 1. The van der Waals surface area contributed by atoms with Crippen LogP contribution in [0.15, 0.2) is 47.0 Å². The monoisotopic (exact) mass is 350 g/mol. The van der Waals surface area contributed by atoms with E-state index < -0.39 is 29.2 Å². The molecule has 0 saturated carbocycles. The van der Waals surface area contributed by atoms with Gasteiger partial charge in [0.25, 0.3) is 0 Å². The molecule has 1 aromatic heterocycles. The van der Waals surface area contributed by atoms with Crippen LogP contribution in [0.5, 0.6) is 0 Å². The highest BCUT2D eigenvalue weighted by Crippen LogP contribution is 2.24. The van der Waals surface area contributed by atoms with E-state index in [1.807, 2.05) is 0 Å². The summed E-state index contributed by atoms with van der Waals surface area (Å²) < 4.78 is 58.1. The van der Waals surface area contributed by atoms with Crippen LogP contribution in [0.1, 0.15) is 5.69 Å². The van der Waals surface area contributed by atoms with E-state index in [9.17, 15) is 22.4 Å². The molecule has 0 radical (unpaired) electrons. The first-order valence-corrected chi connectivity index (χ1v) is 7.08. The van der Waals surface area contributed by atoms with Crippen molar-refractivity contribution in [3.63, 3.8) is 0 Å². The molecule has 25 heavy (non-hydrogen) atoms. The van der Waals surface area contributed by atoms with Crippen LogP contribution in [0.4, 0.5) is 23.2 Å². The molecule has 3 aromatic rings. The summed E-state index contributed by atoms with van der Waals surface area (Å²) in [7, 11) is 0. The maximum absolute atomic E-state index is 13.7. The van der Waals surface area contributed by atoms with Crippen LogP contribution in [0.2, 0.25) is 0 Å². The Bertz CT molecular complexity index is 940. The summed E-state index contributed by atoms with van der Waals surface area (Å²) in [5, 5.41) is 5.82. The number of aromatic nitrogens is 1. The number of amides is 1. The first kappa shape index (κ1) is 16.7. The van der Waals surface area contributed by atoms with Crippen LogP contribution < -0.4 is 5.32 Å². The molecule has 4 nitrogen and oxygen atoms in total. The Morgan fingerprint density at radius 1 is 0.960 bits per heavy atom. The fraction of sp³-hybridized carbons (Fsp3) is 0.0588. The van der Waals surface area contributed by atoms with Gasteiger partial charge in [0.1, 0.15) is 23.3 Å². The van der Waals surface area contributed by atoms with E-state index >= 15 is 0 Å². The highest BCUT2D eigenvalue weighted by atomic mass is 19.1. The van der Waals surface area contributed by atoms with Gasteiger partial charge in [-0.2, -0.15) is 0 Å². The van der Waals surface area contributed by atoms with Crippen LogP contribution in [0.25, 0.3) is 11.3 Å². The predicted octanol–water partition coefficient (Wildman–Crippen LogP) is 4.08. The second kappa shape index (κ2) is 6.76. The Kier molecular flexibility index (Phi) is 4.51. The average Bonchev–Trinajstić information content (AvgIpc) is 2.99. The summed E-state index contributed by atoms with van der Waals surface area (Å²) in [5.74, 6) is -3.72. The molecule has 0 aliphatic heterocycles. The highest BCUT2D eigenvalue weighted by molar-refractivity contribution is 5.92. The van der Waals surface area contributed by atoms with E-state index in [4.69, 9.17) is 4.52 Å². The molecule has 0 aliphatic rings. The zero-order valence-corrected chi connectivity index (χ0v) is 12.5. The third-order valence-electron chi connectivity index (χ3n) is 3.30. The third-order valence-corrected chi connectivity index (χ3v) is 3.30. The zero-order valence-electron chi connectivity index (χ0n) is 12.5. The molecule has 2 aromatic carbocycles.